The van der Waals surface area contributed by atoms with Crippen molar-refractivity contribution in [2.75, 3.05) is 19.0 Å². The lowest BCUT2D eigenvalue weighted by Crippen LogP contribution is -2.07. The summed E-state index contributed by atoms with van der Waals surface area (Å²) in [5.41, 5.74) is 4.15. The van der Waals surface area contributed by atoms with Crippen LogP contribution in [-0.2, 0) is 6.42 Å². The molecule has 0 amide bonds. The predicted octanol–water partition coefficient (Wildman–Crippen LogP) is 4.21. The molecule has 0 bridgehead atoms. The van der Waals surface area contributed by atoms with E-state index in [-0.39, 0.29) is 5.78 Å². The van der Waals surface area contributed by atoms with Crippen molar-refractivity contribution >= 4 is 17.5 Å². The van der Waals surface area contributed by atoms with Crippen LogP contribution in [0.2, 0.25) is 0 Å². The van der Waals surface area contributed by atoms with Gasteiger partial charge in [-0.1, -0.05) is 49.4 Å². The van der Waals surface area contributed by atoms with E-state index in [4.69, 9.17) is 0 Å². The first-order valence-electron chi connectivity index (χ1n) is 7.19. The summed E-state index contributed by atoms with van der Waals surface area (Å²) in [5.74, 6) is 0.0364. The molecule has 0 radical (unpaired) electrons. The average Bonchev–Trinajstić information content (AvgIpc) is 2.53. The number of anilines is 1. The van der Waals surface area contributed by atoms with Gasteiger partial charge in [0.25, 0.3) is 0 Å². The fraction of sp³-hybridized carbons (Fsp3) is 0.211. The van der Waals surface area contributed by atoms with Gasteiger partial charge < -0.3 is 4.90 Å². The molecule has 2 heteroatoms. The third kappa shape index (κ3) is 4.06. The van der Waals surface area contributed by atoms with Gasteiger partial charge in [-0.25, -0.2) is 0 Å². The SMILES string of the molecule is CCc1ccc(C(=O)C=Cc2ccc(N(C)C)cc2)cc1. The molecule has 21 heavy (non-hydrogen) atoms. The lowest BCUT2D eigenvalue weighted by atomic mass is 10.1. The number of ketones is 1. The maximum Gasteiger partial charge on any atom is 0.185 e. The smallest absolute Gasteiger partial charge is 0.185 e. The normalized spacial score (nSPS) is 10.8. The van der Waals surface area contributed by atoms with Crippen LogP contribution in [0.25, 0.3) is 6.08 Å². The van der Waals surface area contributed by atoms with Crippen LogP contribution in [-0.4, -0.2) is 19.9 Å². The van der Waals surface area contributed by atoms with Gasteiger partial charge in [-0.15, -0.1) is 0 Å². The van der Waals surface area contributed by atoms with E-state index in [9.17, 15) is 4.79 Å². The molecule has 0 heterocycles. The highest BCUT2D eigenvalue weighted by Crippen LogP contribution is 2.14. The Hall–Kier alpha value is -2.35. The van der Waals surface area contributed by atoms with Crippen LogP contribution in [0.5, 0.6) is 0 Å². The predicted molar refractivity (Wildman–Crippen MR) is 90.0 cm³/mol. The zero-order chi connectivity index (χ0) is 15.2. The number of carbonyl (C=O) groups is 1. The van der Waals surface area contributed by atoms with Crippen LogP contribution >= 0.6 is 0 Å². The van der Waals surface area contributed by atoms with Crippen LogP contribution in [0.4, 0.5) is 5.69 Å². The van der Waals surface area contributed by atoms with E-state index in [1.54, 1.807) is 6.08 Å². The zero-order valence-corrected chi connectivity index (χ0v) is 12.8. The molecule has 0 saturated carbocycles. The molecule has 108 valence electrons. The first-order chi connectivity index (χ1) is 10.1. The minimum absolute atomic E-state index is 0.0364. The highest BCUT2D eigenvalue weighted by Gasteiger charge is 2.01. The molecule has 0 atom stereocenters. The van der Waals surface area contributed by atoms with Gasteiger partial charge in [0, 0.05) is 25.3 Å². The van der Waals surface area contributed by atoms with Gasteiger partial charge in [0.2, 0.25) is 0 Å². The van der Waals surface area contributed by atoms with E-state index in [0.29, 0.717) is 0 Å². The van der Waals surface area contributed by atoms with Crippen LogP contribution in [0.1, 0.15) is 28.4 Å². The maximum absolute atomic E-state index is 12.1. The van der Waals surface area contributed by atoms with Crippen molar-refractivity contribution in [3.63, 3.8) is 0 Å². The molecule has 0 N–H and O–H groups in total. The lowest BCUT2D eigenvalue weighted by Gasteiger charge is -2.11. The summed E-state index contributed by atoms with van der Waals surface area (Å²) in [4.78, 5) is 14.1. The number of rotatable bonds is 5. The third-order valence-electron chi connectivity index (χ3n) is 3.48. The van der Waals surface area contributed by atoms with Gasteiger partial charge in [0.1, 0.15) is 0 Å². The van der Waals surface area contributed by atoms with Crippen LogP contribution < -0.4 is 4.90 Å². The third-order valence-corrected chi connectivity index (χ3v) is 3.48. The molecule has 0 aliphatic heterocycles. The molecule has 0 unspecified atom stereocenters. The number of allylic oxidation sites excluding steroid dienone is 1. The summed E-state index contributed by atoms with van der Waals surface area (Å²) in [5, 5.41) is 0. The van der Waals surface area contributed by atoms with Crippen molar-refractivity contribution in [1.29, 1.82) is 0 Å². The number of hydrogen-bond donors (Lipinski definition) is 0. The molecular weight excluding hydrogens is 258 g/mol. The topological polar surface area (TPSA) is 20.3 Å². The Labute approximate surface area is 126 Å². The summed E-state index contributed by atoms with van der Waals surface area (Å²) in [6.45, 7) is 2.11. The standard InChI is InChI=1S/C19H21NO/c1-4-15-5-10-17(11-6-15)19(21)14-9-16-7-12-18(13-8-16)20(2)3/h5-14H,4H2,1-3H3. The number of carbonyl (C=O) groups excluding carboxylic acids is 1. The molecule has 0 saturated heterocycles. The molecule has 0 fully saturated rings. The first kappa shape index (κ1) is 15.0. The largest absolute Gasteiger partial charge is 0.378 e. The number of hydrogen-bond acceptors (Lipinski definition) is 2. The molecule has 0 spiro atoms. The molecule has 2 rings (SSSR count). The first-order valence-corrected chi connectivity index (χ1v) is 7.19. The second-order valence-corrected chi connectivity index (χ2v) is 5.23. The molecule has 2 aromatic rings. The summed E-state index contributed by atoms with van der Waals surface area (Å²) < 4.78 is 0. The van der Waals surface area contributed by atoms with Crippen molar-refractivity contribution < 1.29 is 4.79 Å². The van der Waals surface area contributed by atoms with Gasteiger partial charge in [-0.2, -0.15) is 0 Å². The summed E-state index contributed by atoms with van der Waals surface area (Å²) in [7, 11) is 4.02. The zero-order valence-electron chi connectivity index (χ0n) is 12.8. The summed E-state index contributed by atoms with van der Waals surface area (Å²) >= 11 is 0. The van der Waals surface area contributed by atoms with Gasteiger partial charge in [-0.05, 0) is 35.8 Å². The van der Waals surface area contributed by atoms with Crippen LogP contribution in [0.3, 0.4) is 0 Å². The average molecular weight is 279 g/mol. The Morgan fingerprint density at radius 2 is 1.62 bits per heavy atom. The van der Waals surface area contributed by atoms with Crippen molar-refractivity contribution in [2.45, 2.75) is 13.3 Å². The van der Waals surface area contributed by atoms with Crippen LogP contribution in [0, 0.1) is 0 Å². The molecular formula is C19H21NO. The number of nitrogens with zero attached hydrogens (tertiary/aromatic N) is 1. The van der Waals surface area contributed by atoms with Crippen LogP contribution in [0.15, 0.2) is 54.6 Å². The second-order valence-electron chi connectivity index (χ2n) is 5.23. The lowest BCUT2D eigenvalue weighted by molar-refractivity contribution is 0.104. The minimum Gasteiger partial charge on any atom is -0.378 e. The Bertz CT molecular complexity index is 622. The summed E-state index contributed by atoms with van der Waals surface area (Å²) in [6.07, 6.45) is 4.48. The van der Waals surface area contributed by atoms with Crippen molar-refractivity contribution in [2.24, 2.45) is 0 Å². The summed E-state index contributed by atoms with van der Waals surface area (Å²) in [6, 6.07) is 15.9. The van der Waals surface area contributed by atoms with E-state index in [1.807, 2.05) is 73.6 Å². The Morgan fingerprint density at radius 3 is 2.14 bits per heavy atom. The molecule has 0 aromatic heterocycles. The molecule has 2 nitrogen and oxygen atoms in total. The van der Waals surface area contributed by atoms with Crippen molar-refractivity contribution in [3.8, 4) is 0 Å². The monoisotopic (exact) mass is 279 g/mol. The fourth-order valence-corrected chi connectivity index (χ4v) is 2.06. The Morgan fingerprint density at radius 1 is 1.00 bits per heavy atom. The van der Waals surface area contributed by atoms with E-state index in [0.717, 1.165) is 23.2 Å². The Kier molecular flexibility index (Phi) is 4.94. The molecule has 0 aliphatic rings. The van der Waals surface area contributed by atoms with E-state index < -0.39 is 0 Å². The van der Waals surface area contributed by atoms with Crippen molar-refractivity contribution in [3.05, 3.63) is 71.3 Å². The van der Waals surface area contributed by atoms with E-state index in [1.165, 1.54) is 5.56 Å². The van der Waals surface area contributed by atoms with Crippen molar-refractivity contribution in [1.82, 2.24) is 0 Å². The fourth-order valence-electron chi connectivity index (χ4n) is 2.06. The van der Waals surface area contributed by atoms with E-state index >= 15 is 0 Å². The van der Waals surface area contributed by atoms with Gasteiger partial charge in [0.05, 0.1) is 0 Å². The molecule has 0 aliphatic carbocycles. The van der Waals surface area contributed by atoms with Gasteiger partial charge in [0.15, 0.2) is 5.78 Å². The molecule has 2 aromatic carbocycles. The second kappa shape index (κ2) is 6.89. The maximum atomic E-state index is 12.1. The van der Waals surface area contributed by atoms with Gasteiger partial charge >= 0.3 is 0 Å². The highest BCUT2D eigenvalue weighted by molar-refractivity contribution is 6.06. The minimum atomic E-state index is 0.0364. The quantitative estimate of drug-likeness (QED) is 0.603. The van der Waals surface area contributed by atoms with E-state index in [2.05, 4.69) is 6.92 Å². The van der Waals surface area contributed by atoms with Gasteiger partial charge in [-0.3, -0.25) is 4.79 Å². The number of aryl methyl sites for hydroxylation is 1. The Balaban J connectivity index is 2.07. The highest BCUT2D eigenvalue weighted by atomic mass is 16.1. The number of benzene rings is 2.